The number of rotatable bonds is 9. The number of ether oxygens (including phenoxy) is 2. The second-order valence-corrected chi connectivity index (χ2v) is 4.23. The van der Waals surface area contributed by atoms with Crippen molar-refractivity contribution in [1.82, 2.24) is 0 Å². The Bertz CT molecular complexity index is 377. The van der Waals surface area contributed by atoms with E-state index in [0.29, 0.717) is 19.6 Å². The van der Waals surface area contributed by atoms with Crippen molar-refractivity contribution in [3.63, 3.8) is 0 Å². The first-order valence-corrected chi connectivity index (χ1v) is 6.52. The molecule has 19 heavy (non-hydrogen) atoms. The van der Waals surface area contributed by atoms with Gasteiger partial charge in [0.25, 0.3) is 0 Å². The summed E-state index contributed by atoms with van der Waals surface area (Å²) in [5.41, 5.74) is 6.41. The molecule has 5 nitrogen and oxygen atoms in total. The zero-order chi connectivity index (χ0) is 13.9. The molecule has 106 valence electrons. The van der Waals surface area contributed by atoms with E-state index in [1.165, 1.54) is 0 Å². The van der Waals surface area contributed by atoms with Crippen LogP contribution in [0.5, 0.6) is 5.75 Å². The van der Waals surface area contributed by atoms with Crippen LogP contribution in [0.1, 0.15) is 25.3 Å². The van der Waals surface area contributed by atoms with E-state index in [0.717, 1.165) is 30.8 Å². The minimum absolute atomic E-state index is 0.193. The van der Waals surface area contributed by atoms with Crippen LogP contribution in [0.2, 0.25) is 0 Å². The Morgan fingerprint density at radius 2 is 1.95 bits per heavy atom. The first-order valence-electron chi connectivity index (χ1n) is 6.52. The van der Waals surface area contributed by atoms with Crippen molar-refractivity contribution in [3.05, 3.63) is 29.8 Å². The summed E-state index contributed by atoms with van der Waals surface area (Å²) in [5, 5.41) is 11.4. The molecule has 0 aliphatic carbocycles. The third kappa shape index (κ3) is 6.67. The molecule has 0 saturated carbocycles. The maximum Gasteiger partial charge on any atom is 0.143 e. The Kier molecular flexibility index (Phi) is 7.43. The van der Waals surface area contributed by atoms with Crippen LogP contribution in [-0.4, -0.2) is 30.9 Å². The van der Waals surface area contributed by atoms with Gasteiger partial charge in [0.1, 0.15) is 18.2 Å². The van der Waals surface area contributed by atoms with Crippen molar-refractivity contribution in [3.8, 4) is 5.75 Å². The molecule has 1 aromatic carbocycles. The molecular weight excluding hydrogens is 244 g/mol. The minimum Gasteiger partial charge on any atom is -0.491 e. The highest BCUT2D eigenvalue weighted by atomic mass is 16.5. The lowest BCUT2D eigenvalue weighted by molar-refractivity contribution is 0.0980. The van der Waals surface area contributed by atoms with Gasteiger partial charge in [-0.05, 0) is 24.1 Å². The average molecular weight is 266 g/mol. The van der Waals surface area contributed by atoms with E-state index in [-0.39, 0.29) is 5.84 Å². The van der Waals surface area contributed by atoms with Gasteiger partial charge in [0.05, 0.1) is 6.61 Å². The lowest BCUT2D eigenvalue weighted by atomic mass is 10.1. The van der Waals surface area contributed by atoms with Gasteiger partial charge in [0.15, 0.2) is 0 Å². The van der Waals surface area contributed by atoms with Crippen molar-refractivity contribution in [2.45, 2.75) is 26.2 Å². The monoisotopic (exact) mass is 266 g/mol. The van der Waals surface area contributed by atoms with Crippen LogP contribution in [0.4, 0.5) is 0 Å². The Balaban J connectivity index is 2.24. The molecule has 0 amide bonds. The van der Waals surface area contributed by atoms with Crippen LogP contribution < -0.4 is 10.5 Å². The number of nitrogens with two attached hydrogens (primary N) is 1. The minimum atomic E-state index is 0.193. The Morgan fingerprint density at radius 3 is 2.58 bits per heavy atom. The number of hydrogen-bond acceptors (Lipinski definition) is 4. The number of nitrogens with zero attached hydrogens (tertiary/aromatic N) is 1. The van der Waals surface area contributed by atoms with E-state index < -0.39 is 0 Å². The molecule has 0 aliphatic heterocycles. The van der Waals surface area contributed by atoms with Crippen molar-refractivity contribution >= 4 is 5.84 Å². The third-order valence-electron chi connectivity index (χ3n) is 2.58. The van der Waals surface area contributed by atoms with Crippen LogP contribution in [-0.2, 0) is 11.2 Å². The van der Waals surface area contributed by atoms with Gasteiger partial charge in [-0.3, -0.25) is 0 Å². The second kappa shape index (κ2) is 9.22. The molecule has 0 aromatic heterocycles. The summed E-state index contributed by atoms with van der Waals surface area (Å²) in [6, 6.07) is 7.52. The molecule has 5 heteroatoms. The van der Waals surface area contributed by atoms with Gasteiger partial charge in [-0.25, -0.2) is 0 Å². The van der Waals surface area contributed by atoms with Crippen molar-refractivity contribution < 1.29 is 14.7 Å². The van der Waals surface area contributed by atoms with E-state index in [1.807, 2.05) is 24.3 Å². The molecule has 1 rings (SSSR count). The highest BCUT2D eigenvalue weighted by Gasteiger charge is 1.99. The van der Waals surface area contributed by atoms with E-state index in [1.54, 1.807) is 0 Å². The summed E-state index contributed by atoms with van der Waals surface area (Å²) in [7, 11) is 0. The largest absolute Gasteiger partial charge is 0.491 e. The normalized spacial score (nSPS) is 11.5. The molecule has 0 atom stereocenters. The second-order valence-electron chi connectivity index (χ2n) is 4.23. The van der Waals surface area contributed by atoms with Crippen molar-refractivity contribution in [1.29, 1.82) is 0 Å². The topological polar surface area (TPSA) is 77.1 Å². The van der Waals surface area contributed by atoms with E-state index >= 15 is 0 Å². The summed E-state index contributed by atoms with van der Waals surface area (Å²) in [6.07, 6.45) is 2.65. The zero-order valence-electron chi connectivity index (χ0n) is 11.3. The van der Waals surface area contributed by atoms with Gasteiger partial charge in [-0.15, -0.1) is 0 Å². The lowest BCUT2D eigenvalue weighted by Gasteiger charge is -2.07. The van der Waals surface area contributed by atoms with Gasteiger partial charge in [-0.1, -0.05) is 30.6 Å². The molecule has 0 aliphatic rings. The fourth-order valence-corrected chi connectivity index (χ4v) is 1.51. The molecule has 0 fully saturated rings. The van der Waals surface area contributed by atoms with E-state index in [9.17, 15) is 0 Å². The molecule has 0 saturated heterocycles. The number of unbranched alkanes of at least 4 members (excludes halogenated alkanes) is 1. The molecular formula is C14H22N2O3. The predicted octanol–water partition coefficient (Wildman–Crippen LogP) is 2.17. The average Bonchev–Trinajstić information content (AvgIpc) is 2.44. The fraction of sp³-hybridized carbons (Fsp3) is 0.500. The van der Waals surface area contributed by atoms with Crippen molar-refractivity contribution in [2.75, 3.05) is 19.8 Å². The molecule has 0 bridgehead atoms. The summed E-state index contributed by atoms with van der Waals surface area (Å²) < 4.78 is 10.9. The standard InChI is InChI=1S/C14H22N2O3/c1-2-3-8-18-9-10-19-13-6-4-12(5-7-13)11-14(15)16-17/h4-7,17H,2-3,8-11H2,1H3,(H2,15,16). The van der Waals surface area contributed by atoms with Gasteiger partial charge < -0.3 is 20.4 Å². The van der Waals surface area contributed by atoms with Crippen LogP contribution in [0, 0.1) is 0 Å². The molecule has 3 N–H and O–H groups in total. The van der Waals surface area contributed by atoms with Crippen LogP contribution in [0.15, 0.2) is 29.4 Å². The Morgan fingerprint density at radius 1 is 1.21 bits per heavy atom. The van der Waals surface area contributed by atoms with Crippen LogP contribution >= 0.6 is 0 Å². The maximum atomic E-state index is 8.48. The van der Waals surface area contributed by atoms with E-state index in [2.05, 4.69) is 12.1 Å². The molecule has 0 heterocycles. The number of benzene rings is 1. The van der Waals surface area contributed by atoms with E-state index in [4.69, 9.17) is 20.4 Å². The highest BCUT2D eigenvalue weighted by Crippen LogP contribution is 2.12. The van der Waals surface area contributed by atoms with Crippen LogP contribution in [0.3, 0.4) is 0 Å². The first-order chi connectivity index (χ1) is 9.26. The predicted molar refractivity (Wildman–Crippen MR) is 74.8 cm³/mol. The third-order valence-corrected chi connectivity index (χ3v) is 2.58. The molecule has 0 unspecified atom stereocenters. The molecule has 1 aromatic rings. The van der Waals surface area contributed by atoms with Gasteiger partial charge in [0.2, 0.25) is 0 Å². The highest BCUT2D eigenvalue weighted by molar-refractivity contribution is 5.81. The SMILES string of the molecule is CCCCOCCOc1ccc(C/C(N)=N/O)cc1. The molecule has 0 radical (unpaired) electrons. The van der Waals surface area contributed by atoms with Crippen LogP contribution in [0.25, 0.3) is 0 Å². The van der Waals surface area contributed by atoms with Gasteiger partial charge in [-0.2, -0.15) is 0 Å². The number of amidine groups is 1. The summed E-state index contributed by atoms with van der Waals surface area (Å²) in [4.78, 5) is 0. The number of oxime groups is 1. The molecule has 0 spiro atoms. The maximum absolute atomic E-state index is 8.48. The van der Waals surface area contributed by atoms with Crippen molar-refractivity contribution in [2.24, 2.45) is 10.9 Å². The summed E-state index contributed by atoms with van der Waals surface area (Å²) in [5.74, 6) is 0.986. The fourth-order valence-electron chi connectivity index (χ4n) is 1.51. The summed E-state index contributed by atoms with van der Waals surface area (Å²) >= 11 is 0. The lowest BCUT2D eigenvalue weighted by Crippen LogP contribution is -2.14. The Hall–Kier alpha value is -1.75. The summed E-state index contributed by atoms with van der Waals surface area (Å²) in [6.45, 7) is 4.07. The smallest absolute Gasteiger partial charge is 0.143 e. The first kappa shape index (κ1) is 15.3. The Labute approximate surface area is 114 Å². The zero-order valence-corrected chi connectivity index (χ0v) is 11.3. The van der Waals surface area contributed by atoms with Gasteiger partial charge in [0, 0.05) is 13.0 Å². The quantitative estimate of drug-likeness (QED) is 0.236. The number of hydrogen-bond donors (Lipinski definition) is 2. The van der Waals surface area contributed by atoms with Gasteiger partial charge >= 0.3 is 0 Å².